The van der Waals surface area contributed by atoms with Gasteiger partial charge in [-0.05, 0) is 24.6 Å². The van der Waals surface area contributed by atoms with E-state index in [0.29, 0.717) is 12.3 Å². The lowest BCUT2D eigenvalue weighted by Gasteiger charge is -2.05. The summed E-state index contributed by atoms with van der Waals surface area (Å²) < 4.78 is 1.43. The van der Waals surface area contributed by atoms with E-state index in [1.165, 1.54) is 4.68 Å². The van der Waals surface area contributed by atoms with Crippen LogP contribution < -0.4 is 5.56 Å². The number of H-pyrrole nitrogens is 1. The summed E-state index contributed by atoms with van der Waals surface area (Å²) in [6.07, 6.45) is 0. The number of para-hydroxylation sites is 1. The monoisotopic (exact) mass is 307 g/mol. The van der Waals surface area contributed by atoms with E-state index in [4.69, 9.17) is 0 Å². The number of hydrogen-bond donors (Lipinski definition) is 2. The number of aromatic amines is 1. The molecular formula is C18H17N3O2. The molecule has 2 N–H and O–H groups in total. The van der Waals surface area contributed by atoms with E-state index in [0.717, 1.165) is 11.3 Å². The molecule has 0 bridgehead atoms. The molecule has 0 saturated carbocycles. The van der Waals surface area contributed by atoms with Gasteiger partial charge < -0.3 is 5.11 Å². The van der Waals surface area contributed by atoms with Gasteiger partial charge in [0.15, 0.2) is 0 Å². The molecule has 2 aromatic carbocycles. The van der Waals surface area contributed by atoms with Crippen LogP contribution in [-0.4, -0.2) is 20.6 Å². The first-order valence-electron chi connectivity index (χ1n) is 7.31. The molecule has 0 aliphatic rings. The summed E-state index contributed by atoms with van der Waals surface area (Å²) in [5.74, 6) is -0.101. The second kappa shape index (κ2) is 6.36. The minimum atomic E-state index is -0.351. The number of nitrogens with zero attached hydrogens (tertiary/aromatic N) is 2. The average molecular weight is 307 g/mol. The van der Waals surface area contributed by atoms with E-state index in [9.17, 15) is 9.90 Å². The Labute approximate surface area is 133 Å². The van der Waals surface area contributed by atoms with Crippen LogP contribution in [0.2, 0.25) is 0 Å². The summed E-state index contributed by atoms with van der Waals surface area (Å²) in [6, 6.07) is 18.9. The second-order valence-corrected chi connectivity index (χ2v) is 5.24. The zero-order valence-electron chi connectivity index (χ0n) is 12.7. The van der Waals surface area contributed by atoms with Crippen LogP contribution in [0.25, 0.3) is 0 Å². The third kappa shape index (κ3) is 3.23. The Morgan fingerprint density at radius 3 is 2.35 bits per heavy atom. The van der Waals surface area contributed by atoms with Crippen molar-refractivity contribution in [2.45, 2.75) is 13.5 Å². The van der Waals surface area contributed by atoms with Crippen LogP contribution in [0, 0.1) is 0 Å². The van der Waals surface area contributed by atoms with Crippen molar-refractivity contribution in [2.24, 2.45) is 4.99 Å². The number of aromatic nitrogens is 2. The summed E-state index contributed by atoms with van der Waals surface area (Å²) in [6.45, 7) is 2.10. The number of aromatic hydroxyl groups is 1. The van der Waals surface area contributed by atoms with Crippen LogP contribution in [0.15, 0.2) is 70.5 Å². The van der Waals surface area contributed by atoms with Gasteiger partial charge in [-0.25, -0.2) is 4.68 Å². The Kier molecular flexibility index (Phi) is 4.10. The molecule has 0 aliphatic heterocycles. The molecule has 3 aromatic rings. The standard InChI is InChI=1S/C18H17N3O2/c1-13(19-15-10-6-3-7-11-15)16-17(22)20-21(18(16)23)12-14-8-4-2-5-9-14/h2-11,23H,12H2,1H3,(H,20,22). The summed E-state index contributed by atoms with van der Waals surface area (Å²) >= 11 is 0. The van der Waals surface area contributed by atoms with Gasteiger partial charge in [-0.1, -0.05) is 48.5 Å². The Morgan fingerprint density at radius 1 is 1.09 bits per heavy atom. The van der Waals surface area contributed by atoms with Gasteiger partial charge in [0.05, 0.1) is 17.9 Å². The number of hydrogen-bond acceptors (Lipinski definition) is 3. The molecule has 0 aliphatic carbocycles. The first-order valence-corrected chi connectivity index (χ1v) is 7.31. The molecule has 1 aromatic heterocycles. The Morgan fingerprint density at radius 2 is 1.70 bits per heavy atom. The summed E-state index contributed by atoms with van der Waals surface area (Å²) in [4.78, 5) is 16.6. The lowest BCUT2D eigenvalue weighted by Crippen LogP contribution is -2.11. The molecule has 5 nitrogen and oxygen atoms in total. The number of rotatable bonds is 4. The van der Waals surface area contributed by atoms with E-state index >= 15 is 0 Å². The highest BCUT2D eigenvalue weighted by Crippen LogP contribution is 2.18. The van der Waals surface area contributed by atoms with E-state index in [1.807, 2.05) is 60.7 Å². The third-order valence-electron chi connectivity index (χ3n) is 3.54. The average Bonchev–Trinajstić information content (AvgIpc) is 2.83. The maximum Gasteiger partial charge on any atom is 0.277 e. The van der Waals surface area contributed by atoms with Gasteiger partial charge in [0.2, 0.25) is 5.88 Å². The van der Waals surface area contributed by atoms with Crippen molar-refractivity contribution >= 4 is 11.4 Å². The number of benzene rings is 2. The van der Waals surface area contributed by atoms with Crippen LogP contribution >= 0.6 is 0 Å². The second-order valence-electron chi connectivity index (χ2n) is 5.24. The van der Waals surface area contributed by atoms with Gasteiger partial charge in [-0.3, -0.25) is 14.9 Å². The Bertz CT molecular complexity index is 878. The molecule has 0 saturated heterocycles. The van der Waals surface area contributed by atoms with Crippen molar-refractivity contribution in [1.29, 1.82) is 0 Å². The quantitative estimate of drug-likeness (QED) is 0.727. The molecule has 0 fully saturated rings. The normalized spacial score (nSPS) is 11.6. The zero-order chi connectivity index (χ0) is 16.2. The lowest BCUT2D eigenvalue weighted by atomic mass is 10.2. The van der Waals surface area contributed by atoms with Crippen LogP contribution in [-0.2, 0) is 6.54 Å². The Hall–Kier alpha value is -3.08. The molecular weight excluding hydrogens is 290 g/mol. The van der Waals surface area contributed by atoms with Crippen LogP contribution in [0.5, 0.6) is 5.88 Å². The molecule has 5 heteroatoms. The molecule has 0 atom stereocenters. The zero-order valence-corrected chi connectivity index (χ0v) is 12.7. The number of nitrogens with one attached hydrogen (secondary N) is 1. The molecule has 0 unspecified atom stereocenters. The smallest absolute Gasteiger partial charge is 0.277 e. The number of aliphatic imine (C=N–C) groups is 1. The first-order chi connectivity index (χ1) is 11.1. The van der Waals surface area contributed by atoms with Crippen LogP contribution in [0.4, 0.5) is 5.69 Å². The summed E-state index contributed by atoms with van der Waals surface area (Å²) in [5.41, 5.74) is 2.04. The van der Waals surface area contributed by atoms with E-state index in [2.05, 4.69) is 10.1 Å². The van der Waals surface area contributed by atoms with Crippen LogP contribution in [0.3, 0.4) is 0 Å². The van der Waals surface area contributed by atoms with E-state index in [1.54, 1.807) is 6.92 Å². The van der Waals surface area contributed by atoms with Crippen molar-refractivity contribution in [1.82, 2.24) is 9.78 Å². The first kappa shape index (κ1) is 14.8. The Balaban J connectivity index is 1.95. The van der Waals surface area contributed by atoms with E-state index in [-0.39, 0.29) is 17.0 Å². The third-order valence-corrected chi connectivity index (χ3v) is 3.54. The molecule has 0 amide bonds. The highest BCUT2D eigenvalue weighted by Gasteiger charge is 2.16. The largest absolute Gasteiger partial charge is 0.493 e. The molecule has 3 rings (SSSR count). The van der Waals surface area contributed by atoms with Crippen molar-refractivity contribution in [3.63, 3.8) is 0 Å². The fourth-order valence-electron chi connectivity index (χ4n) is 2.43. The predicted octanol–water partition coefficient (Wildman–Crippen LogP) is 3.07. The minimum Gasteiger partial charge on any atom is -0.493 e. The van der Waals surface area contributed by atoms with Gasteiger partial charge in [0.1, 0.15) is 5.56 Å². The van der Waals surface area contributed by atoms with Gasteiger partial charge >= 0.3 is 0 Å². The molecule has 116 valence electrons. The van der Waals surface area contributed by atoms with Gasteiger partial charge in [0.25, 0.3) is 5.56 Å². The van der Waals surface area contributed by atoms with Crippen molar-refractivity contribution in [3.05, 3.63) is 82.1 Å². The summed E-state index contributed by atoms with van der Waals surface area (Å²) in [7, 11) is 0. The molecule has 23 heavy (non-hydrogen) atoms. The summed E-state index contributed by atoms with van der Waals surface area (Å²) in [5, 5.41) is 13.0. The fourth-order valence-corrected chi connectivity index (χ4v) is 2.43. The molecule has 1 heterocycles. The van der Waals surface area contributed by atoms with E-state index < -0.39 is 0 Å². The van der Waals surface area contributed by atoms with Crippen LogP contribution in [0.1, 0.15) is 18.1 Å². The van der Waals surface area contributed by atoms with Crippen molar-refractivity contribution in [3.8, 4) is 5.88 Å². The molecule has 0 spiro atoms. The van der Waals surface area contributed by atoms with Gasteiger partial charge in [-0.2, -0.15) is 0 Å². The topological polar surface area (TPSA) is 70.4 Å². The van der Waals surface area contributed by atoms with Gasteiger partial charge in [-0.15, -0.1) is 0 Å². The highest BCUT2D eigenvalue weighted by molar-refractivity contribution is 6.01. The maximum absolute atomic E-state index is 12.2. The minimum absolute atomic E-state index is 0.101. The predicted molar refractivity (Wildman–Crippen MR) is 90.6 cm³/mol. The SMILES string of the molecule is CC(=Nc1ccccc1)c1c(O)n(Cc2ccccc2)[nH]c1=O. The molecule has 0 radical (unpaired) electrons. The van der Waals surface area contributed by atoms with Crippen molar-refractivity contribution < 1.29 is 5.11 Å². The lowest BCUT2D eigenvalue weighted by molar-refractivity contribution is 0.408. The van der Waals surface area contributed by atoms with Gasteiger partial charge in [0, 0.05) is 0 Å². The fraction of sp³-hybridized carbons (Fsp3) is 0.111. The highest BCUT2D eigenvalue weighted by atomic mass is 16.3. The maximum atomic E-state index is 12.2. The van der Waals surface area contributed by atoms with Crippen molar-refractivity contribution in [2.75, 3.05) is 0 Å².